The van der Waals surface area contributed by atoms with Crippen LogP contribution in [0.1, 0.15) is 20.3 Å². The lowest BCUT2D eigenvalue weighted by atomic mass is 9.96. The van der Waals surface area contributed by atoms with Crippen LogP contribution in [0.2, 0.25) is 0 Å². The summed E-state index contributed by atoms with van der Waals surface area (Å²) in [6.07, 6.45) is 15.0. The van der Waals surface area contributed by atoms with Crippen molar-refractivity contribution in [2.45, 2.75) is 40.2 Å². The van der Waals surface area contributed by atoms with Gasteiger partial charge in [-0.15, -0.1) is 21.8 Å². The molecular weight excluding hydrogens is 448 g/mol. The van der Waals surface area contributed by atoms with E-state index in [2.05, 4.69) is 141 Å². The molecule has 0 saturated carbocycles. The molecule has 2 aliphatic rings. The number of rotatable bonds is 6. The van der Waals surface area contributed by atoms with Crippen LogP contribution in [0, 0.1) is 0 Å². The Morgan fingerprint density at radius 3 is 1.68 bits per heavy atom. The van der Waals surface area contributed by atoms with Crippen LogP contribution < -0.4 is 0 Å². The molecule has 1 aliphatic carbocycles. The maximum absolute atomic E-state index is 2.52. The Bertz CT molecular complexity index is 1200. The van der Waals surface area contributed by atoms with Gasteiger partial charge in [-0.05, 0) is 78.8 Å². The van der Waals surface area contributed by atoms with Crippen LogP contribution in [0.4, 0.5) is 0 Å². The number of fused-ring (bicyclic) bond motifs is 1. The second-order valence-corrected chi connectivity index (χ2v) is 12.7. The normalized spacial score (nSPS) is 18.8. The minimum absolute atomic E-state index is 0.487. The highest BCUT2D eigenvalue weighted by Crippen LogP contribution is 2.74. The Kier molecular flexibility index (Phi) is 6.80. The van der Waals surface area contributed by atoms with Crippen LogP contribution in [0.25, 0.3) is 0 Å². The second-order valence-electron chi connectivity index (χ2n) is 8.38. The Morgan fingerprint density at radius 1 is 0.706 bits per heavy atom. The minimum Gasteiger partial charge on any atom is -0.133 e. The van der Waals surface area contributed by atoms with Crippen molar-refractivity contribution in [1.82, 2.24) is 0 Å². The van der Waals surface area contributed by atoms with E-state index in [0.717, 1.165) is 6.42 Å². The summed E-state index contributed by atoms with van der Waals surface area (Å²) in [6.45, 7) is 4.22. The molecule has 2 heteroatoms. The van der Waals surface area contributed by atoms with E-state index >= 15 is 0 Å². The fourth-order valence-electron chi connectivity index (χ4n) is 4.91. The van der Waals surface area contributed by atoms with Crippen LogP contribution in [0.3, 0.4) is 0 Å². The third-order valence-corrected chi connectivity index (χ3v) is 11.6. The Labute approximate surface area is 209 Å². The van der Waals surface area contributed by atoms with Gasteiger partial charge in [-0.3, -0.25) is 0 Å². The van der Waals surface area contributed by atoms with E-state index < -0.39 is 10.0 Å². The molecule has 1 heterocycles. The zero-order valence-electron chi connectivity index (χ0n) is 19.7. The zero-order chi connectivity index (χ0) is 23.4. The minimum atomic E-state index is -1.63. The quantitative estimate of drug-likeness (QED) is 0.340. The summed E-state index contributed by atoms with van der Waals surface area (Å²) >= 11 is 2.01. The van der Waals surface area contributed by atoms with Crippen LogP contribution in [-0.4, -0.2) is 5.25 Å². The highest BCUT2D eigenvalue weighted by molar-refractivity contribution is 8.37. The van der Waals surface area contributed by atoms with E-state index in [1.165, 1.54) is 35.6 Å². The predicted octanol–water partition coefficient (Wildman–Crippen LogP) is 9.70. The van der Waals surface area contributed by atoms with Crippen LogP contribution in [-0.2, 0) is 0 Å². The molecule has 0 spiro atoms. The molecule has 0 amide bonds. The molecule has 5 rings (SSSR count). The van der Waals surface area contributed by atoms with Gasteiger partial charge in [0.15, 0.2) is 0 Å². The summed E-state index contributed by atoms with van der Waals surface area (Å²) in [5, 5.41) is 0.487. The van der Waals surface area contributed by atoms with Gasteiger partial charge in [0, 0.05) is 24.8 Å². The monoisotopic (exact) mass is 478 g/mol. The van der Waals surface area contributed by atoms with Gasteiger partial charge in [0.1, 0.15) is 0 Å². The molecule has 0 saturated heterocycles. The van der Waals surface area contributed by atoms with Crippen molar-refractivity contribution in [2.24, 2.45) is 0 Å². The van der Waals surface area contributed by atoms with E-state index in [9.17, 15) is 0 Å². The van der Waals surface area contributed by atoms with Crippen molar-refractivity contribution in [3.05, 3.63) is 148 Å². The average Bonchev–Trinajstić information content (AvgIpc) is 3.23. The molecule has 0 nitrogen and oxygen atoms in total. The molecule has 1 aliphatic heterocycles. The molecule has 0 bridgehead atoms. The van der Waals surface area contributed by atoms with Gasteiger partial charge >= 0.3 is 0 Å². The summed E-state index contributed by atoms with van der Waals surface area (Å²) < 4.78 is 0. The molecule has 1 unspecified atom stereocenters. The van der Waals surface area contributed by atoms with Crippen LogP contribution >= 0.6 is 21.8 Å². The first-order valence-corrected chi connectivity index (χ1v) is 14.4. The maximum Gasteiger partial charge on any atom is 0.0386 e. The summed E-state index contributed by atoms with van der Waals surface area (Å²) in [6, 6.07) is 33.4. The largest absolute Gasteiger partial charge is 0.133 e. The van der Waals surface area contributed by atoms with Crippen molar-refractivity contribution in [3.63, 3.8) is 0 Å². The van der Waals surface area contributed by atoms with Crippen molar-refractivity contribution in [2.75, 3.05) is 0 Å². The van der Waals surface area contributed by atoms with Crippen molar-refractivity contribution < 1.29 is 0 Å². The Hall–Kier alpha value is -2.94. The lowest BCUT2D eigenvalue weighted by Gasteiger charge is -2.44. The highest BCUT2D eigenvalue weighted by atomic mass is 32.3. The fourth-order valence-corrected chi connectivity index (χ4v) is 10.2. The van der Waals surface area contributed by atoms with E-state index in [0.29, 0.717) is 5.25 Å². The molecule has 0 radical (unpaired) electrons. The Morgan fingerprint density at radius 2 is 1.21 bits per heavy atom. The zero-order valence-corrected chi connectivity index (χ0v) is 21.4. The van der Waals surface area contributed by atoms with Gasteiger partial charge in [-0.1, -0.05) is 85.0 Å². The van der Waals surface area contributed by atoms with Crippen molar-refractivity contribution in [1.29, 1.82) is 0 Å². The van der Waals surface area contributed by atoms with Crippen molar-refractivity contribution >= 4 is 21.8 Å². The third-order valence-electron chi connectivity index (χ3n) is 6.32. The first-order valence-electron chi connectivity index (χ1n) is 11.9. The summed E-state index contributed by atoms with van der Waals surface area (Å²) in [4.78, 5) is 6.96. The number of thioether (sulfide) groups is 1. The highest BCUT2D eigenvalue weighted by Gasteiger charge is 2.38. The van der Waals surface area contributed by atoms with Gasteiger partial charge in [0.2, 0.25) is 0 Å². The molecule has 0 aromatic heterocycles. The SMILES string of the molecule is C/C=C\C1=C(/C=C/C)C2=CC(S(c3ccccc3)(c3ccccc3)c3ccccc3)=CCC2S1. The average molecular weight is 479 g/mol. The molecule has 3 aromatic carbocycles. The number of allylic oxidation sites excluding steroid dienone is 7. The lowest BCUT2D eigenvalue weighted by Crippen LogP contribution is -2.12. The molecular formula is C32H30S2. The summed E-state index contributed by atoms with van der Waals surface area (Å²) in [5.74, 6) is 0. The standard InChI is InChI=1S/C32H30S2/c1-3-14-29-30-24-28(22-23-32(30)33-31(29)15-4-2)34(25-16-8-5-9-17-25,26-18-10-6-11-19-26)27-20-12-7-13-21-27/h3-22,24,32H,23H2,1-2H3/b14-3+,15-4-. The molecule has 1 atom stereocenters. The third kappa shape index (κ3) is 3.96. The van der Waals surface area contributed by atoms with Crippen LogP contribution in [0.15, 0.2) is 163 Å². The van der Waals surface area contributed by atoms with Gasteiger partial charge < -0.3 is 0 Å². The van der Waals surface area contributed by atoms with Gasteiger partial charge in [-0.25, -0.2) is 0 Å². The second kappa shape index (κ2) is 10.1. The number of hydrogen-bond acceptors (Lipinski definition) is 1. The van der Waals surface area contributed by atoms with E-state index in [4.69, 9.17) is 0 Å². The maximum atomic E-state index is 2.52. The molecule has 34 heavy (non-hydrogen) atoms. The van der Waals surface area contributed by atoms with E-state index in [-0.39, 0.29) is 0 Å². The topological polar surface area (TPSA) is 0 Å². The van der Waals surface area contributed by atoms with Gasteiger partial charge in [0.25, 0.3) is 0 Å². The predicted molar refractivity (Wildman–Crippen MR) is 151 cm³/mol. The Balaban J connectivity index is 1.80. The molecule has 0 fully saturated rings. The number of benzene rings is 3. The first kappa shape index (κ1) is 22.8. The number of hydrogen-bond donors (Lipinski definition) is 0. The molecule has 3 aromatic rings. The van der Waals surface area contributed by atoms with Gasteiger partial charge in [-0.2, -0.15) is 0 Å². The lowest BCUT2D eigenvalue weighted by molar-refractivity contribution is 1.01. The fraction of sp³-hybridized carbons (Fsp3) is 0.125. The van der Waals surface area contributed by atoms with Crippen LogP contribution in [0.5, 0.6) is 0 Å². The smallest absolute Gasteiger partial charge is 0.0386 e. The molecule has 170 valence electrons. The van der Waals surface area contributed by atoms with E-state index in [1.807, 2.05) is 11.8 Å². The molecule has 0 N–H and O–H groups in total. The van der Waals surface area contributed by atoms with Gasteiger partial charge in [0.05, 0.1) is 0 Å². The van der Waals surface area contributed by atoms with Crippen molar-refractivity contribution in [3.8, 4) is 0 Å². The summed E-state index contributed by atoms with van der Waals surface area (Å²) in [5.41, 5.74) is 2.84. The summed E-state index contributed by atoms with van der Waals surface area (Å²) in [7, 11) is -1.63. The first-order chi connectivity index (χ1) is 16.8. The van der Waals surface area contributed by atoms with E-state index in [1.54, 1.807) is 0 Å².